The Hall–Kier alpha value is -1.37. The zero-order valence-electron chi connectivity index (χ0n) is 10.0. The third kappa shape index (κ3) is 3.56. The summed E-state index contributed by atoms with van der Waals surface area (Å²) in [6, 6.07) is 13.8. The van der Waals surface area contributed by atoms with E-state index in [0.717, 1.165) is 5.56 Å². The molecule has 0 heterocycles. The van der Waals surface area contributed by atoms with Crippen molar-refractivity contribution in [3.8, 4) is 0 Å². The summed E-state index contributed by atoms with van der Waals surface area (Å²) in [5.74, 6) is 0. The Morgan fingerprint density at radius 3 is 2.53 bits per heavy atom. The van der Waals surface area contributed by atoms with Gasteiger partial charge in [-0.2, -0.15) is 0 Å². The first kappa shape index (κ1) is 14.0. The normalized spacial score (nSPS) is 11.4. The number of nitrogen functional groups attached to an aromatic ring is 1. The molecule has 0 aromatic heterocycles. The van der Waals surface area contributed by atoms with Crippen molar-refractivity contribution in [3.63, 3.8) is 0 Å². The van der Waals surface area contributed by atoms with Gasteiger partial charge in [-0.1, -0.05) is 24.3 Å². The second-order valence-electron chi connectivity index (χ2n) is 4.00. The first-order chi connectivity index (χ1) is 8.99. The van der Waals surface area contributed by atoms with Gasteiger partial charge in [-0.25, -0.2) is 13.1 Å². The maximum Gasteiger partial charge on any atom is 0.241 e. The van der Waals surface area contributed by atoms with Gasteiger partial charge in [0.2, 0.25) is 10.0 Å². The minimum atomic E-state index is -3.54. The van der Waals surface area contributed by atoms with Crippen LogP contribution in [0.4, 0.5) is 5.69 Å². The van der Waals surface area contributed by atoms with Crippen molar-refractivity contribution in [1.29, 1.82) is 0 Å². The lowest BCUT2D eigenvalue weighted by atomic mass is 10.2. The van der Waals surface area contributed by atoms with Crippen LogP contribution in [0.2, 0.25) is 0 Å². The van der Waals surface area contributed by atoms with E-state index >= 15 is 0 Å². The molecule has 0 saturated heterocycles. The zero-order valence-corrected chi connectivity index (χ0v) is 12.4. The Morgan fingerprint density at radius 2 is 1.84 bits per heavy atom. The monoisotopic (exact) mass is 340 g/mol. The van der Waals surface area contributed by atoms with E-state index in [-0.39, 0.29) is 11.4 Å². The molecule has 0 aliphatic rings. The molecule has 0 aliphatic heterocycles. The van der Waals surface area contributed by atoms with Crippen LogP contribution in [0.3, 0.4) is 0 Å². The Morgan fingerprint density at radius 1 is 1.11 bits per heavy atom. The first-order valence-corrected chi connectivity index (χ1v) is 7.85. The number of halogens is 1. The summed E-state index contributed by atoms with van der Waals surface area (Å²) >= 11 is 3.23. The van der Waals surface area contributed by atoms with Crippen LogP contribution in [0.15, 0.2) is 57.9 Å². The molecule has 19 heavy (non-hydrogen) atoms. The Bertz CT molecular complexity index is 687. The minimum absolute atomic E-state index is 0.203. The van der Waals surface area contributed by atoms with Crippen molar-refractivity contribution in [2.75, 3.05) is 5.73 Å². The summed E-state index contributed by atoms with van der Waals surface area (Å²) in [6.07, 6.45) is 0. The second kappa shape index (κ2) is 5.73. The van der Waals surface area contributed by atoms with E-state index in [9.17, 15) is 8.42 Å². The van der Waals surface area contributed by atoms with Gasteiger partial charge in [-0.15, -0.1) is 0 Å². The molecule has 0 bridgehead atoms. The number of anilines is 1. The van der Waals surface area contributed by atoms with Gasteiger partial charge in [0.15, 0.2) is 0 Å². The van der Waals surface area contributed by atoms with Gasteiger partial charge < -0.3 is 5.73 Å². The highest BCUT2D eigenvalue weighted by molar-refractivity contribution is 9.10. The predicted octanol–water partition coefficient (Wildman–Crippen LogP) is 2.51. The molecule has 0 atom stereocenters. The quantitative estimate of drug-likeness (QED) is 0.840. The van der Waals surface area contributed by atoms with Gasteiger partial charge in [-0.3, -0.25) is 0 Å². The van der Waals surface area contributed by atoms with Crippen LogP contribution in [0.5, 0.6) is 0 Å². The van der Waals surface area contributed by atoms with Gasteiger partial charge in [0, 0.05) is 16.7 Å². The third-order valence-electron chi connectivity index (χ3n) is 2.54. The Kier molecular flexibility index (Phi) is 4.24. The summed E-state index contributed by atoms with van der Waals surface area (Å²) in [5, 5.41) is 0. The minimum Gasteiger partial charge on any atom is -0.399 e. The van der Waals surface area contributed by atoms with Crippen molar-refractivity contribution in [1.82, 2.24) is 4.72 Å². The molecule has 3 N–H and O–H groups in total. The van der Waals surface area contributed by atoms with Gasteiger partial charge in [0.1, 0.15) is 0 Å². The smallest absolute Gasteiger partial charge is 0.241 e. The summed E-state index contributed by atoms with van der Waals surface area (Å²) in [5.41, 5.74) is 7.07. The van der Waals surface area contributed by atoms with Crippen LogP contribution in [-0.4, -0.2) is 8.42 Å². The van der Waals surface area contributed by atoms with Crippen LogP contribution in [0.1, 0.15) is 5.56 Å². The largest absolute Gasteiger partial charge is 0.399 e. The summed E-state index contributed by atoms with van der Waals surface area (Å²) in [4.78, 5) is 0.221. The van der Waals surface area contributed by atoms with Crippen LogP contribution in [0, 0.1) is 0 Å². The number of rotatable bonds is 4. The highest BCUT2D eigenvalue weighted by atomic mass is 79.9. The average Bonchev–Trinajstić information content (AvgIpc) is 2.37. The number of hydrogen-bond donors (Lipinski definition) is 2. The molecule has 4 nitrogen and oxygen atoms in total. The fourth-order valence-electron chi connectivity index (χ4n) is 1.62. The van der Waals surface area contributed by atoms with Crippen LogP contribution < -0.4 is 10.5 Å². The second-order valence-corrected chi connectivity index (χ2v) is 6.59. The van der Waals surface area contributed by atoms with Gasteiger partial charge in [0.25, 0.3) is 0 Å². The van der Waals surface area contributed by atoms with E-state index in [0.29, 0.717) is 10.2 Å². The van der Waals surface area contributed by atoms with Gasteiger partial charge in [-0.05, 0) is 45.8 Å². The zero-order chi connectivity index (χ0) is 13.9. The standard InChI is InChI=1S/C13H13BrN2O2S/c14-12-6-1-2-7-13(12)19(17,18)16-9-10-4-3-5-11(15)8-10/h1-8,16H,9,15H2. The third-order valence-corrected chi connectivity index (χ3v) is 4.96. The van der Waals surface area contributed by atoms with E-state index < -0.39 is 10.0 Å². The number of nitrogens with two attached hydrogens (primary N) is 1. The fourth-order valence-corrected chi connectivity index (χ4v) is 3.64. The lowest BCUT2D eigenvalue weighted by molar-refractivity contribution is 0.581. The topological polar surface area (TPSA) is 72.2 Å². The van der Waals surface area contributed by atoms with Gasteiger partial charge in [0.05, 0.1) is 4.90 Å². The number of benzene rings is 2. The lowest BCUT2D eigenvalue weighted by Gasteiger charge is -2.08. The highest BCUT2D eigenvalue weighted by Gasteiger charge is 2.16. The van der Waals surface area contributed by atoms with Crippen LogP contribution in [-0.2, 0) is 16.6 Å². The average molecular weight is 341 g/mol. The fraction of sp³-hybridized carbons (Fsp3) is 0.0769. The molecule has 0 radical (unpaired) electrons. The molecular formula is C13H13BrN2O2S. The van der Waals surface area contributed by atoms with E-state index in [4.69, 9.17) is 5.73 Å². The number of hydrogen-bond acceptors (Lipinski definition) is 3. The molecule has 0 fully saturated rings. The summed E-state index contributed by atoms with van der Waals surface area (Å²) < 4.78 is 27.4. The molecule has 0 amide bonds. The maximum atomic E-state index is 12.1. The molecule has 100 valence electrons. The molecule has 0 spiro atoms. The lowest BCUT2D eigenvalue weighted by Crippen LogP contribution is -2.23. The van der Waals surface area contributed by atoms with Crippen LogP contribution in [0.25, 0.3) is 0 Å². The van der Waals surface area contributed by atoms with Crippen molar-refractivity contribution in [2.45, 2.75) is 11.4 Å². The van der Waals surface area contributed by atoms with Crippen molar-refractivity contribution < 1.29 is 8.42 Å². The van der Waals surface area contributed by atoms with Crippen molar-refractivity contribution in [2.24, 2.45) is 0 Å². The van der Waals surface area contributed by atoms with Crippen molar-refractivity contribution >= 4 is 31.6 Å². The number of nitrogens with one attached hydrogen (secondary N) is 1. The molecule has 6 heteroatoms. The molecule has 0 aliphatic carbocycles. The molecule has 0 unspecified atom stereocenters. The molecule has 2 rings (SSSR count). The van der Waals surface area contributed by atoms with E-state index in [1.807, 2.05) is 6.07 Å². The summed E-state index contributed by atoms with van der Waals surface area (Å²) in [7, 11) is -3.54. The molecule has 2 aromatic carbocycles. The Labute approximate surface area is 120 Å². The van der Waals surface area contributed by atoms with E-state index in [2.05, 4.69) is 20.7 Å². The molecular weight excluding hydrogens is 328 g/mol. The summed E-state index contributed by atoms with van der Waals surface area (Å²) in [6.45, 7) is 0.203. The molecule has 0 saturated carbocycles. The number of sulfonamides is 1. The highest BCUT2D eigenvalue weighted by Crippen LogP contribution is 2.21. The Balaban J connectivity index is 2.17. The maximum absolute atomic E-state index is 12.1. The van der Waals surface area contributed by atoms with Gasteiger partial charge >= 0.3 is 0 Å². The SMILES string of the molecule is Nc1cccc(CNS(=O)(=O)c2ccccc2Br)c1. The first-order valence-electron chi connectivity index (χ1n) is 5.58. The molecule has 2 aromatic rings. The predicted molar refractivity (Wildman–Crippen MR) is 79.0 cm³/mol. The van der Waals surface area contributed by atoms with Crippen molar-refractivity contribution in [3.05, 3.63) is 58.6 Å². The van der Waals surface area contributed by atoms with Crippen LogP contribution >= 0.6 is 15.9 Å². The van der Waals surface area contributed by atoms with E-state index in [1.165, 1.54) is 0 Å². The van der Waals surface area contributed by atoms with E-state index in [1.54, 1.807) is 42.5 Å².